The van der Waals surface area contributed by atoms with E-state index in [2.05, 4.69) is 20.4 Å². The van der Waals surface area contributed by atoms with Crippen LogP contribution in [-0.4, -0.2) is 39.5 Å². The summed E-state index contributed by atoms with van der Waals surface area (Å²) in [6, 6.07) is 1.79. The van der Waals surface area contributed by atoms with Gasteiger partial charge in [0.05, 0.1) is 29.8 Å². The highest BCUT2D eigenvalue weighted by molar-refractivity contribution is 5.92. The highest BCUT2D eigenvalue weighted by atomic mass is 16.5. The molecule has 1 amide bonds. The summed E-state index contributed by atoms with van der Waals surface area (Å²) >= 11 is 0. The number of nitrogens with zero attached hydrogens (tertiary/aromatic N) is 4. The van der Waals surface area contributed by atoms with Crippen molar-refractivity contribution in [3.05, 3.63) is 35.6 Å². The Bertz CT molecular complexity index is 769. The highest BCUT2D eigenvalue weighted by Crippen LogP contribution is 2.35. The summed E-state index contributed by atoms with van der Waals surface area (Å²) in [6.45, 7) is 0.703. The Labute approximate surface area is 153 Å². The SMILES string of the molecule is CNc1cncc([C@H]2CCCN2C(=O)c2cc(C3CCCCC3)no2)n1. The van der Waals surface area contributed by atoms with Gasteiger partial charge in [0.2, 0.25) is 5.76 Å². The van der Waals surface area contributed by atoms with E-state index in [1.165, 1.54) is 19.3 Å². The monoisotopic (exact) mass is 355 g/mol. The molecule has 0 aromatic carbocycles. The average Bonchev–Trinajstić information content (AvgIpc) is 3.38. The van der Waals surface area contributed by atoms with Crippen molar-refractivity contribution in [1.82, 2.24) is 20.0 Å². The van der Waals surface area contributed by atoms with Crippen molar-refractivity contribution in [2.75, 3.05) is 18.9 Å². The lowest BCUT2D eigenvalue weighted by atomic mass is 9.87. The Hall–Kier alpha value is -2.44. The van der Waals surface area contributed by atoms with E-state index in [1.54, 1.807) is 12.4 Å². The molecule has 138 valence electrons. The Morgan fingerprint density at radius 3 is 2.81 bits per heavy atom. The van der Waals surface area contributed by atoms with Gasteiger partial charge in [0, 0.05) is 25.6 Å². The van der Waals surface area contributed by atoms with E-state index in [-0.39, 0.29) is 11.9 Å². The van der Waals surface area contributed by atoms with E-state index in [1.807, 2.05) is 18.0 Å². The van der Waals surface area contributed by atoms with Crippen LogP contribution in [-0.2, 0) is 0 Å². The van der Waals surface area contributed by atoms with Crippen LogP contribution in [0.5, 0.6) is 0 Å². The molecule has 0 unspecified atom stereocenters. The lowest BCUT2D eigenvalue weighted by Crippen LogP contribution is -2.30. The summed E-state index contributed by atoms with van der Waals surface area (Å²) in [6.07, 6.45) is 11.3. The molecule has 0 spiro atoms. The summed E-state index contributed by atoms with van der Waals surface area (Å²) in [5.41, 5.74) is 1.75. The molecule has 1 atom stereocenters. The normalized spacial score (nSPS) is 21.1. The first kappa shape index (κ1) is 17.0. The molecule has 7 heteroatoms. The van der Waals surface area contributed by atoms with E-state index in [9.17, 15) is 4.79 Å². The molecular weight excluding hydrogens is 330 g/mol. The van der Waals surface area contributed by atoms with Crippen molar-refractivity contribution in [2.45, 2.75) is 56.9 Å². The second-order valence-electron chi connectivity index (χ2n) is 7.19. The number of rotatable bonds is 4. The van der Waals surface area contributed by atoms with Crippen molar-refractivity contribution < 1.29 is 9.32 Å². The van der Waals surface area contributed by atoms with E-state index in [4.69, 9.17) is 4.52 Å². The van der Waals surface area contributed by atoms with Crippen LogP contribution in [0.4, 0.5) is 5.82 Å². The molecule has 2 aromatic rings. The first-order valence-electron chi connectivity index (χ1n) is 9.53. The van der Waals surface area contributed by atoms with Gasteiger partial charge in [0.1, 0.15) is 5.82 Å². The first-order chi connectivity index (χ1) is 12.8. The number of hydrogen-bond acceptors (Lipinski definition) is 6. The fraction of sp³-hybridized carbons (Fsp3) is 0.579. The van der Waals surface area contributed by atoms with Gasteiger partial charge in [-0.3, -0.25) is 9.78 Å². The van der Waals surface area contributed by atoms with Crippen molar-refractivity contribution in [1.29, 1.82) is 0 Å². The Kier molecular flexibility index (Phi) is 4.86. The third kappa shape index (κ3) is 3.30. The number of carbonyl (C=O) groups is 1. The third-order valence-electron chi connectivity index (χ3n) is 5.53. The smallest absolute Gasteiger partial charge is 0.293 e. The molecule has 0 bridgehead atoms. The zero-order valence-electron chi connectivity index (χ0n) is 15.1. The summed E-state index contributed by atoms with van der Waals surface area (Å²) in [5, 5.41) is 7.20. The minimum atomic E-state index is -0.0984. The van der Waals surface area contributed by atoms with Crippen LogP contribution in [0.2, 0.25) is 0 Å². The second-order valence-corrected chi connectivity index (χ2v) is 7.19. The number of likely N-dealkylation sites (tertiary alicyclic amines) is 1. The molecule has 1 N–H and O–H groups in total. The molecule has 4 rings (SSSR count). The molecule has 2 aromatic heterocycles. The number of anilines is 1. The lowest BCUT2D eigenvalue weighted by molar-refractivity contribution is 0.0690. The zero-order chi connectivity index (χ0) is 17.9. The number of nitrogens with one attached hydrogen (secondary N) is 1. The van der Waals surface area contributed by atoms with Gasteiger partial charge in [-0.05, 0) is 25.7 Å². The maximum absolute atomic E-state index is 13.0. The largest absolute Gasteiger partial charge is 0.372 e. The van der Waals surface area contributed by atoms with Gasteiger partial charge in [0.15, 0.2) is 0 Å². The molecule has 1 saturated heterocycles. The van der Waals surface area contributed by atoms with Gasteiger partial charge in [-0.1, -0.05) is 24.4 Å². The van der Waals surface area contributed by atoms with Crippen molar-refractivity contribution in [3.8, 4) is 0 Å². The maximum Gasteiger partial charge on any atom is 0.293 e. The van der Waals surface area contributed by atoms with Crippen molar-refractivity contribution >= 4 is 11.7 Å². The van der Waals surface area contributed by atoms with E-state index >= 15 is 0 Å². The van der Waals surface area contributed by atoms with Crippen LogP contribution < -0.4 is 5.32 Å². The third-order valence-corrected chi connectivity index (χ3v) is 5.53. The molecule has 2 fully saturated rings. The van der Waals surface area contributed by atoms with Gasteiger partial charge in [-0.15, -0.1) is 0 Å². The zero-order valence-corrected chi connectivity index (χ0v) is 15.1. The van der Waals surface area contributed by atoms with E-state index in [0.717, 1.165) is 37.1 Å². The fourth-order valence-electron chi connectivity index (χ4n) is 4.10. The molecule has 1 aliphatic carbocycles. The lowest BCUT2D eigenvalue weighted by Gasteiger charge is -2.23. The highest BCUT2D eigenvalue weighted by Gasteiger charge is 2.34. The molecule has 0 radical (unpaired) electrons. The molecule has 2 aliphatic rings. The van der Waals surface area contributed by atoms with E-state index in [0.29, 0.717) is 24.0 Å². The van der Waals surface area contributed by atoms with Gasteiger partial charge >= 0.3 is 0 Å². The summed E-state index contributed by atoms with van der Waals surface area (Å²) in [5.74, 6) is 1.39. The van der Waals surface area contributed by atoms with Gasteiger partial charge in [-0.2, -0.15) is 0 Å². The molecular formula is C19H25N5O2. The topological polar surface area (TPSA) is 84.2 Å². The van der Waals surface area contributed by atoms with Crippen LogP contribution >= 0.6 is 0 Å². The maximum atomic E-state index is 13.0. The molecule has 1 aliphatic heterocycles. The predicted octanol–water partition coefficient (Wildman–Crippen LogP) is 3.53. The fourth-order valence-corrected chi connectivity index (χ4v) is 4.10. The first-order valence-corrected chi connectivity index (χ1v) is 9.53. The standard InChI is InChI=1S/C19H25N5O2/c1-20-18-12-21-11-15(22-18)16-8-5-9-24(16)19(25)17-10-14(23-26-17)13-6-3-2-4-7-13/h10-13,16H,2-9H2,1H3,(H,20,22)/t16-/m1/s1. The van der Waals surface area contributed by atoms with Gasteiger partial charge < -0.3 is 14.7 Å². The molecule has 3 heterocycles. The number of aromatic nitrogens is 3. The van der Waals surface area contributed by atoms with Crippen LogP contribution in [0.3, 0.4) is 0 Å². The Morgan fingerprint density at radius 1 is 1.15 bits per heavy atom. The van der Waals surface area contributed by atoms with Crippen molar-refractivity contribution in [2.24, 2.45) is 0 Å². The summed E-state index contributed by atoms with van der Waals surface area (Å²) in [4.78, 5) is 23.6. The number of amides is 1. The Morgan fingerprint density at radius 2 is 2.00 bits per heavy atom. The van der Waals surface area contributed by atoms with Crippen LogP contribution in [0.15, 0.2) is 23.0 Å². The second kappa shape index (κ2) is 7.43. The number of hydrogen-bond donors (Lipinski definition) is 1. The van der Waals surface area contributed by atoms with E-state index < -0.39 is 0 Å². The molecule has 26 heavy (non-hydrogen) atoms. The predicted molar refractivity (Wildman–Crippen MR) is 96.9 cm³/mol. The van der Waals surface area contributed by atoms with Gasteiger partial charge in [-0.25, -0.2) is 4.98 Å². The summed E-state index contributed by atoms with van der Waals surface area (Å²) < 4.78 is 5.43. The van der Waals surface area contributed by atoms with Crippen LogP contribution in [0, 0.1) is 0 Å². The van der Waals surface area contributed by atoms with Crippen molar-refractivity contribution in [3.63, 3.8) is 0 Å². The average molecular weight is 355 g/mol. The van der Waals surface area contributed by atoms with Crippen LogP contribution in [0.25, 0.3) is 0 Å². The number of carbonyl (C=O) groups excluding carboxylic acids is 1. The Balaban J connectivity index is 1.52. The molecule has 1 saturated carbocycles. The summed E-state index contributed by atoms with van der Waals surface area (Å²) in [7, 11) is 1.81. The molecule has 7 nitrogen and oxygen atoms in total. The van der Waals surface area contributed by atoms with Gasteiger partial charge in [0.25, 0.3) is 5.91 Å². The quantitative estimate of drug-likeness (QED) is 0.903. The van der Waals surface area contributed by atoms with Crippen LogP contribution in [0.1, 0.15) is 78.8 Å². The minimum absolute atomic E-state index is 0.0634. The minimum Gasteiger partial charge on any atom is -0.372 e.